The Balaban J connectivity index is 1.66. The van der Waals surface area contributed by atoms with Crippen LogP contribution in [0.25, 0.3) is 0 Å². The molecule has 2 N–H and O–H groups in total. The summed E-state index contributed by atoms with van der Waals surface area (Å²) in [5, 5.41) is 2.81. The van der Waals surface area contributed by atoms with Gasteiger partial charge in [0.15, 0.2) is 0 Å². The first kappa shape index (κ1) is 17.3. The topological polar surface area (TPSA) is 87.7 Å². The number of aromatic amines is 1. The third-order valence-corrected chi connectivity index (χ3v) is 4.66. The smallest absolute Gasteiger partial charge is 0.261 e. The van der Waals surface area contributed by atoms with Crippen molar-refractivity contribution in [3.63, 3.8) is 0 Å². The predicted molar refractivity (Wildman–Crippen MR) is 96.0 cm³/mol. The fraction of sp³-hybridized carbons (Fsp3) is 0.474. The fourth-order valence-corrected chi connectivity index (χ4v) is 3.47. The predicted octanol–water partition coefficient (Wildman–Crippen LogP) is 1.94. The number of H-pyrrole nitrogens is 1. The van der Waals surface area contributed by atoms with E-state index < -0.39 is 0 Å². The zero-order chi connectivity index (χ0) is 18.0. The normalized spacial score (nSPS) is 13.4. The number of carbonyl (C=O) groups is 1. The highest BCUT2D eigenvalue weighted by Gasteiger charge is 2.16. The molecule has 0 bridgehead atoms. The number of amides is 1. The SMILES string of the molecule is Cc1cc(C)c(C(=O)NCCc2nc(C)c3c(n2)CCCC3)c(=O)[nH]1. The summed E-state index contributed by atoms with van der Waals surface area (Å²) in [5.74, 6) is 0.404. The molecule has 1 aliphatic rings. The van der Waals surface area contributed by atoms with Crippen molar-refractivity contribution in [2.45, 2.75) is 52.9 Å². The van der Waals surface area contributed by atoms with Gasteiger partial charge >= 0.3 is 0 Å². The average molecular weight is 340 g/mol. The standard InChI is InChI=1S/C19H24N4O2/c1-11-10-12(2)21-19(25)17(11)18(24)20-9-8-16-22-13(3)14-6-4-5-7-15(14)23-16/h10H,4-9H2,1-3H3,(H,20,24)(H,21,25). The van der Waals surface area contributed by atoms with Crippen molar-refractivity contribution < 1.29 is 4.79 Å². The van der Waals surface area contributed by atoms with Gasteiger partial charge in [0.1, 0.15) is 11.4 Å². The number of nitrogens with one attached hydrogen (secondary N) is 2. The highest BCUT2D eigenvalue weighted by Crippen LogP contribution is 2.21. The summed E-state index contributed by atoms with van der Waals surface area (Å²) in [6.45, 7) is 6.01. The minimum Gasteiger partial charge on any atom is -0.351 e. The molecular weight excluding hydrogens is 316 g/mol. The van der Waals surface area contributed by atoms with E-state index in [0.29, 0.717) is 18.5 Å². The molecule has 0 saturated carbocycles. The maximum absolute atomic E-state index is 12.3. The van der Waals surface area contributed by atoms with Gasteiger partial charge in [-0.05, 0) is 63.6 Å². The van der Waals surface area contributed by atoms with Crippen LogP contribution in [0.4, 0.5) is 0 Å². The van der Waals surface area contributed by atoms with E-state index in [-0.39, 0.29) is 17.0 Å². The third-order valence-electron chi connectivity index (χ3n) is 4.66. The summed E-state index contributed by atoms with van der Waals surface area (Å²) in [6.07, 6.45) is 5.01. The lowest BCUT2D eigenvalue weighted by Gasteiger charge is -2.17. The highest BCUT2D eigenvalue weighted by molar-refractivity contribution is 5.95. The van der Waals surface area contributed by atoms with E-state index in [1.54, 1.807) is 19.9 Å². The van der Waals surface area contributed by atoms with Crippen LogP contribution in [0.15, 0.2) is 10.9 Å². The highest BCUT2D eigenvalue weighted by atomic mass is 16.2. The Morgan fingerprint density at radius 3 is 2.72 bits per heavy atom. The molecule has 0 aliphatic heterocycles. The Hall–Kier alpha value is -2.50. The van der Waals surface area contributed by atoms with Crippen LogP contribution in [0.1, 0.15) is 57.2 Å². The third kappa shape index (κ3) is 3.78. The van der Waals surface area contributed by atoms with Crippen LogP contribution in [0.2, 0.25) is 0 Å². The lowest BCUT2D eigenvalue weighted by Crippen LogP contribution is -2.32. The maximum atomic E-state index is 12.3. The van der Waals surface area contributed by atoms with Crippen LogP contribution in [-0.4, -0.2) is 27.4 Å². The van der Waals surface area contributed by atoms with E-state index in [0.717, 1.165) is 35.7 Å². The molecule has 0 radical (unpaired) electrons. The molecule has 0 atom stereocenters. The Morgan fingerprint density at radius 1 is 1.20 bits per heavy atom. The van der Waals surface area contributed by atoms with Crippen molar-refractivity contribution in [2.24, 2.45) is 0 Å². The van der Waals surface area contributed by atoms with Gasteiger partial charge in [0.2, 0.25) is 0 Å². The number of fused-ring (bicyclic) bond motifs is 1. The average Bonchev–Trinajstić information content (AvgIpc) is 2.54. The van der Waals surface area contributed by atoms with Crippen molar-refractivity contribution >= 4 is 5.91 Å². The summed E-state index contributed by atoms with van der Waals surface area (Å²) in [4.78, 5) is 36.2. The molecule has 2 aromatic heterocycles. The van der Waals surface area contributed by atoms with Crippen LogP contribution >= 0.6 is 0 Å². The second kappa shape index (κ2) is 7.17. The van der Waals surface area contributed by atoms with Gasteiger partial charge in [-0.15, -0.1) is 0 Å². The molecule has 2 heterocycles. The molecule has 0 fully saturated rings. The molecule has 0 saturated heterocycles. The van der Waals surface area contributed by atoms with Gasteiger partial charge in [-0.2, -0.15) is 0 Å². The molecule has 6 nitrogen and oxygen atoms in total. The molecule has 0 aromatic carbocycles. The van der Waals surface area contributed by atoms with Crippen LogP contribution in [0.5, 0.6) is 0 Å². The van der Waals surface area contributed by atoms with E-state index in [2.05, 4.69) is 20.3 Å². The van der Waals surface area contributed by atoms with E-state index in [4.69, 9.17) is 0 Å². The van der Waals surface area contributed by atoms with Gasteiger partial charge in [0.25, 0.3) is 11.5 Å². The first-order valence-corrected chi connectivity index (χ1v) is 8.79. The Morgan fingerprint density at radius 2 is 1.96 bits per heavy atom. The number of rotatable bonds is 4. The first-order chi connectivity index (χ1) is 12.0. The fourth-order valence-electron chi connectivity index (χ4n) is 3.47. The summed E-state index contributed by atoms with van der Waals surface area (Å²) >= 11 is 0. The van der Waals surface area contributed by atoms with Crippen molar-refractivity contribution in [3.8, 4) is 0 Å². The minimum atomic E-state index is -0.353. The largest absolute Gasteiger partial charge is 0.351 e. The van der Waals surface area contributed by atoms with Crippen LogP contribution in [0.3, 0.4) is 0 Å². The molecule has 25 heavy (non-hydrogen) atoms. The number of hydrogen-bond acceptors (Lipinski definition) is 4. The monoisotopic (exact) mass is 340 g/mol. The van der Waals surface area contributed by atoms with Crippen LogP contribution in [-0.2, 0) is 19.3 Å². The number of nitrogens with zero attached hydrogens (tertiary/aromatic N) is 2. The van der Waals surface area contributed by atoms with Crippen molar-refractivity contribution in [1.82, 2.24) is 20.3 Å². The van der Waals surface area contributed by atoms with Crippen LogP contribution < -0.4 is 10.9 Å². The van der Waals surface area contributed by atoms with Gasteiger partial charge in [-0.3, -0.25) is 9.59 Å². The zero-order valence-corrected chi connectivity index (χ0v) is 15.0. The van der Waals surface area contributed by atoms with Gasteiger partial charge in [0.05, 0.1) is 0 Å². The summed E-state index contributed by atoms with van der Waals surface area (Å²) in [6, 6.07) is 1.80. The number of aryl methyl sites for hydroxylation is 4. The van der Waals surface area contributed by atoms with E-state index >= 15 is 0 Å². The van der Waals surface area contributed by atoms with Crippen molar-refractivity contribution in [2.75, 3.05) is 6.54 Å². The molecule has 1 aliphatic carbocycles. The summed E-state index contributed by atoms with van der Waals surface area (Å²) < 4.78 is 0. The molecule has 0 unspecified atom stereocenters. The quantitative estimate of drug-likeness (QED) is 0.890. The lowest BCUT2D eigenvalue weighted by atomic mass is 9.95. The Bertz CT molecular complexity index is 870. The summed E-state index contributed by atoms with van der Waals surface area (Å²) in [5.41, 5.74) is 4.75. The second-order valence-corrected chi connectivity index (χ2v) is 6.70. The zero-order valence-electron chi connectivity index (χ0n) is 15.0. The number of pyridine rings is 1. The minimum absolute atomic E-state index is 0.174. The first-order valence-electron chi connectivity index (χ1n) is 8.79. The molecule has 0 spiro atoms. The number of carbonyl (C=O) groups excluding carboxylic acids is 1. The molecule has 2 aromatic rings. The molecule has 1 amide bonds. The Kier molecular flexibility index (Phi) is 4.97. The number of aromatic nitrogens is 3. The molecular formula is C19H24N4O2. The number of hydrogen-bond donors (Lipinski definition) is 2. The van der Waals surface area contributed by atoms with Crippen molar-refractivity contribution in [1.29, 1.82) is 0 Å². The van der Waals surface area contributed by atoms with Crippen LogP contribution in [0, 0.1) is 20.8 Å². The maximum Gasteiger partial charge on any atom is 0.261 e. The van der Waals surface area contributed by atoms with Gasteiger partial charge in [-0.25, -0.2) is 9.97 Å². The lowest BCUT2D eigenvalue weighted by molar-refractivity contribution is 0.0952. The van der Waals surface area contributed by atoms with E-state index in [1.807, 2.05) is 6.92 Å². The van der Waals surface area contributed by atoms with E-state index in [9.17, 15) is 9.59 Å². The Labute approximate surface area is 147 Å². The molecule has 3 rings (SSSR count). The summed E-state index contributed by atoms with van der Waals surface area (Å²) in [7, 11) is 0. The van der Waals surface area contributed by atoms with Gasteiger partial charge < -0.3 is 10.3 Å². The second-order valence-electron chi connectivity index (χ2n) is 6.70. The van der Waals surface area contributed by atoms with E-state index in [1.165, 1.54) is 18.4 Å². The van der Waals surface area contributed by atoms with Gasteiger partial charge in [-0.1, -0.05) is 0 Å². The van der Waals surface area contributed by atoms with Gasteiger partial charge in [0, 0.05) is 30.0 Å². The van der Waals surface area contributed by atoms with Crippen molar-refractivity contribution in [3.05, 3.63) is 56.0 Å². The molecule has 132 valence electrons. The molecule has 6 heteroatoms.